The Hall–Kier alpha value is -3.68. The summed E-state index contributed by atoms with van der Waals surface area (Å²) in [6, 6.07) is 13.5. The third-order valence-corrected chi connectivity index (χ3v) is 4.94. The molecule has 30 heavy (non-hydrogen) atoms. The average molecular weight is 407 g/mol. The summed E-state index contributed by atoms with van der Waals surface area (Å²) in [5.41, 5.74) is 3.84. The van der Waals surface area contributed by atoms with E-state index in [-0.39, 0.29) is 11.8 Å². The van der Waals surface area contributed by atoms with Crippen LogP contribution in [0.4, 0.5) is 17.2 Å². The fourth-order valence-electron chi connectivity index (χ4n) is 3.47. The van der Waals surface area contributed by atoms with Crippen LogP contribution in [-0.4, -0.2) is 36.1 Å². The van der Waals surface area contributed by atoms with E-state index in [9.17, 15) is 9.59 Å². The molecule has 0 radical (unpaired) electrons. The maximum atomic E-state index is 12.2. The Bertz CT molecular complexity index is 984. The van der Waals surface area contributed by atoms with Crippen LogP contribution in [0.2, 0.25) is 0 Å². The van der Waals surface area contributed by atoms with E-state index in [0.29, 0.717) is 25.2 Å². The van der Waals surface area contributed by atoms with Gasteiger partial charge in [0, 0.05) is 43.9 Å². The van der Waals surface area contributed by atoms with Crippen LogP contribution in [0.25, 0.3) is 0 Å². The summed E-state index contributed by atoms with van der Waals surface area (Å²) < 4.78 is 4.87. The van der Waals surface area contributed by atoms with Gasteiger partial charge in [0.2, 0.25) is 12.3 Å². The molecule has 4 rings (SSSR count). The number of benzene rings is 1. The second-order valence-electron chi connectivity index (χ2n) is 6.93. The highest BCUT2D eigenvalue weighted by molar-refractivity contribution is 5.97. The lowest BCUT2D eigenvalue weighted by molar-refractivity contribution is -0.117. The molecular formula is C22H25N5O3. The summed E-state index contributed by atoms with van der Waals surface area (Å²) in [7, 11) is 1.85. The molecule has 1 fully saturated rings. The molecule has 0 aliphatic carbocycles. The van der Waals surface area contributed by atoms with Gasteiger partial charge in [0.15, 0.2) is 5.76 Å². The first-order valence-corrected chi connectivity index (χ1v) is 9.65. The smallest absolute Gasteiger partial charge is 0.227 e. The Kier molecular flexibility index (Phi) is 6.79. The third kappa shape index (κ3) is 4.83. The molecule has 8 nitrogen and oxygen atoms in total. The summed E-state index contributed by atoms with van der Waals surface area (Å²) in [5, 5.41) is 9.24. The molecule has 1 saturated heterocycles. The van der Waals surface area contributed by atoms with Crippen molar-refractivity contribution in [2.45, 2.75) is 26.2 Å². The van der Waals surface area contributed by atoms with Crippen molar-refractivity contribution in [3.63, 3.8) is 0 Å². The van der Waals surface area contributed by atoms with Gasteiger partial charge in [-0.25, -0.2) is 4.98 Å². The number of rotatable bonds is 5. The highest BCUT2D eigenvalue weighted by Gasteiger charge is 2.31. The molecule has 1 atom stereocenters. The number of amides is 2. The van der Waals surface area contributed by atoms with Gasteiger partial charge in [0.25, 0.3) is 0 Å². The predicted octanol–water partition coefficient (Wildman–Crippen LogP) is 3.50. The lowest BCUT2D eigenvalue weighted by Crippen LogP contribution is -2.24. The minimum atomic E-state index is 0.0899. The van der Waals surface area contributed by atoms with Gasteiger partial charge >= 0.3 is 0 Å². The molecule has 3 aromatic rings. The number of nitrogens with one attached hydrogen (secondary N) is 2. The minimum absolute atomic E-state index is 0.0899. The number of hydrogen-bond acceptors (Lipinski definition) is 6. The molecule has 2 N–H and O–H groups in total. The molecule has 3 heterocycles. The molecule has 2 aromatic heterocycles. The molecule has 1 aliphatic rings. The second kappa shape index (κ2) is 9.69. The van der Waals surface area contributed by atoms with Crippen LogP contribution in [0.15, 0.2) is 53.2 Å². The molecule has 8 heteroatoms. The van der Waals surface area contributed by atoms with Crippen LogP contribution in [0.5, 0.6) is 0 Å². The van der Waals surface area contributed by atoms with E-state index >= 15 is 0 Å². The first-order chi connectivity index (χ1) is 14.5. The Morgan fingerprint density at radius 1 is 1.20 bits per heavy atom. The largest absolute Gasteiger partial charge is 0.384 e. The fourth-order valence-corrected chi connectivity index (χ4v) is 3.47. The molecule has 1 aliphatic heterocycles. The van der Waals surface area contributed by atoms with E-state index in [4.69, 9.17) is 4.52 Å². The lowest BCUT2D eigenvalue weighted by atomic mass is 9.99. The van der Waals surface area contributed by atoms with E-state index in [0.717, 1.165) is 22.8 Å². The summed E-state index contributed by atoms with van der Waals surface area (Å²) in [4.78, 5) is 28.5. The molecule has 1 aromatic carbocycles. The van der Waals surface area contributed by atoms with Crippen molar-refractivity contribution in [2.75, 3.05) is 29.1 Å². The average Bonchev–Trinajstić information content (AvgIpc) is 3.31. The summed E-state index contributed by atoms with van der Waals surface area (Å²) in [6.07, 6.45) is 2.66. The SMILES string of the molecule is CNc1c(C)noc1C.O=CNc1cc(N2CC(c3ccccc3)CC2=O)ccn1. The number of carbonyl (C=O) groups is 2. The van der Waals surface area contributed by atoms with Crippen molar-refractivity contribution in [1.29, 1.82) is 0 Å². The summed E-state index contributed by atoms with van der Waals surface area (Å²) in [5.74, 6) is 1.58. The predicted molar refractivity (Wildman–Crippen MR) is 116 cm³/mol. The van der Waals surface area contributed by atoms with Crippen LogP contribution in [0.1, 0.15) is 29.4 Å². The summed E-state index contributed by atoms with van der Waals surface area (Å²) >= 11 is 0. The van der Waals surface area contributed by atoms with Gasteiger partial charge < -0.3 is 20.1 Å². The third-order valence-electron chi connectivity index (χ3n) is 4.94. The highest BCUT2D eigenvalue weighted by Crippen LogP contribution is 2.32. The Morgan fingerprint density at radius 2 is 1.97 bits per heavy atom. The van der Waals surface area contributed by atoms with Gasteiger partial charge in [-0.05, 0) is 25.5 Å². The molecule has 2 amide bonds. The number of carbonyl (C=O) groups excluding carboxylic acids is 2. The monoisotopic (exact) mass is 407 g/mol. The van der Waals surface area contributed by atoms with E-state index in [1.165, 1.54) is 5.56 Å². The molecule has 0 saturated carbocycles. The van der Waals surface area contributed by atoms with Crippen molar-refractivity contribution < 1.29 is 14.1 Å². The van der Waals surface area contributed by atoms with Crippen molar-refractivity contribution >= 4 is 29.5 Å². The Morgan fingerprint density at radius 3 is 2.57 bits per heavy atom. The van der Waals surface area contributed by atoms with Gasteiger partial charge in [-0.1, -0.05) is 35.5 Å². The number of aryl methyl sites for hydroxylation is 2. The quantitative estimate of drug-likeness (QED) is 0.628. The number of nitrogens with zero attached hydrogens (tertiary/aromatic N) is 3. The van der Waals surface area contributed by atoms with Crippen LogP contribution in [0.3, 0.4) is 0 Å². The fraction of sp³-hybridized carbons (Fsp3) is 0.273. The first-order valence-electron chi connectivity index (χ1n) is 9.65. The van der Waals surface area contributed by atoms with Crippen LogP contribution >= 0.6 is 0 Å². The van der Waals surface area contributed by atoms with Gasteiger partial charge in [0.1, 0.15) is 17.2 Å². The number of aromatic nitrogens is 2. The van der Waals surface area contributed by atoms with Gasteiger partial charge in [0.05, 0.1) is 0 Å². The highest BCUT2D eigenvalue weighted by atomic mass is 16.5. The number of pyridine rings is 1. The van der Waals surface area contributed by atoms with E-state index in [2.05, 4.69) is 20.8 Å². The maximum absolute atomic E-state index is 12.2. The second-order valence-corrected chi connectivity index (χ2v) is 6.93. The standard InChI is InChI=1S/C16H15N3O2.C6H10N2O/c20-11-18-15-9-14(6-7-17-15)19-10-13(8-16(19)21)12-4-2-1-3-5-12;1-4-6(7-3)5(2)9-8-4/h1-7,9,11,13H,8,10H2,(H,17,18,20);7H,1-3H3. The number of anilines is 3. The normalized spacial score (nSPS) is 15.4. The van der Waals surface area contributed by atoms with Gasteiger partial charge in [-0.15, -0.1) is 0 Å². The zero-order valence-corrected chi connectivity index (χ0v) is 17.3. The summed E-state index contributed by atoms with van der Waals surface area (Å²) in [6.45, 7) is 4.43. The molecule has 0 bridgehead atoms. The maximum Gasteiger partial charge on any atom is 0.227 e. The van der Waals surface area contributed by atoms with E-state index < -0.39 is 0 Å². The lowest BCUT2D eigenvalue weighted by Gasteiger charge is -2.17. The Balaban J connectivity index is 0.000000239. The number of hydrogen-bond donors (Lipinski definition) is 2. The molecule has 0 spiro atoms. The van der Waals surface area contributed by atoms with Crippen LogP contribution in [0, 0.1) is 13.8 Å². The van der Waals surface area contributed by atoms with Crippen molar-refractivity contribution in [2.24, 2.45) is 0 Å². The van der Waals surface area contributed by atoms with Gasteiger partial charge in [-0.2, -0.15) is 0 Å². The Labute approximate surface area is 175 Å². The zero-order valence-electron chi connectivity index (χ0n) is 17.3. The van der Waals surface area contributed by atoms with Crippen molar-refractivity contribution in [1.82, 2.24) is 10.1 Å². The first kappa shape index (κ1) is 21.0. The van der Waals surface area contributed by atoms with E-state index in [1.54, 1.807) is 23.2 Å². The molecule has 156 valence electrons. The molecular weight excluding hydrogens is 382 g/mol. The van der Waals surface area contributed by atoms with Crippen molar-refractivity contribution in [3.8, 4) is 0 Å². The minimum Gasteiger partial charge on any atom is -0.384 e. The molecule has 1 unspecified atom stereocenters. The zero-order chi connectivity index (χ0) is 21.5. The van der Waals surface area contributed by atoms with Crippen LogP contribution in [-0.2, 0) is 9.59 Å². The van der Waals surface area contributed by atoms with Crippen molar-refractivity contribution in [3.05, 3.63) is 65.7 Å². The van der Waals surface area contributed by atoms with Gasteiger partial charge in [-0.3, -0.25) is 9.59 Å². The van der Waals surface area contributed by atoms with Crippen LogP contribution < -0.4 is 15.5 Å². The van der Waals surface area contributed by atoms with E-state index in [1.807, 2.05) is 51.2 Å². The topological polar surface area (TPSA) is 100 Å².